The molecule has 0 amide bonds. The highest BCUT2D eigenvalue weighted by Gasteiger charge is 2.20. The summed E-state index contributed by atoms with van der Waals surface area (Å²) in [6.45, 7) is 0.597. The summed E-state index contributed by atoms with van der Waals surface area (Å²) in [6, 6.07) is 3.39. The highest BCUT2D eigenvalue weighted by molar-refractivity contribution is 6.08. The monoisotopic (exact) mass is 219 g/mol. The predicted octanol–water partition coefficient (Wildman–Crippen LogP) is 1.97. The van der Waals surface area contributed by atoms with E-state index < -0.39 is 0 Å². The van der Waals surface area contributed by atoms with Crippen molar-refractivity contribution in [2.75, 3.05) is 13.7 Å². The molecule has 1 aliphatic heterocycles. The zero-order valence-electron chi connectivity index (χ0n) is 9.10. The summed E-state index contributed by atoms with van der Waals surface area (Å²) in [5, 5.41) is 0. The van der Waals surface area contributed by atoms with E-state index in [1.165, 1.54) is 7.11 Å². The van der Waals surface area contributed by atoms with Crippen LogP contribution in [0, 0.1) is 0 Å². The van der Waals surface area contributed by atoms with Crippen molar-refractivity contribution in [2.45, 2.75) is 12.8 Å². The second kappa shape index (κ2) is 4.79. The van der Waals surface area contributed by atoms with Gasteiger partial charge in [0.25, 0.3) is 0 Å². The lowest BCUT2D eigenvalue weighted by molar-refractivity contribution is 0.0895. The quantitative estimate of drug-likeness (QED) is 0.729. The van der Waals surface area contributed by atoms with Crippen LogP contribution in [0.25, 0.3) is 0 Å². The zero-order valence-corrected chi connectivity index (χ0v) is 9.10. The summed E-state index contributed by atoms with van der Waals surface area (Å²) in [5.41, 5.74) is 0.443. The Bertz CT molecular complexity index is 426. The van der Waals surface area contributed by atoms with Crippen LogP contribution < -0.4 is 4.74 Å². The first-order chi connectivity index (χ1) is 7.83. The van der Waals surface area contributed by atoms with Crippen LogP contribution in [-0.2, 0) is 4.74 Å². The van der Waals surface area contributed by atoms with Gasteiger partial charge < -0.3 is 9.47 Å². The van der Waals surface area contributed by atoms with Gasteiger partial charge in [0.2, 0.25) is 11.7 Å². The van der Waals surface area contributed by atoms with Crippen LogP contribution >= 0.6 is 0 Å². The van der Waals surface area contributed by atoms with E-state index in [1.807, 2.05) is 6.08 Å². The molecule has 0 bridgehead atoms. The molecule has 0 fully saturated rings. The molecule has 1 aliphatic rings. The maximum absolute atomic E-state index is 12.1. The number of nitrogens with zero attached hydrogens (tertiary/aromatic N) is 1. The topological polar surface area (TPSA) is 48.4 Å². The Morgan fingerprint density at radius 1 is 1.56 bits per heavy atom. The number of carbonyl (C=O) groups is 1. The number of allylic oxidation sites excluding steroid dienone is 2. The molecule has 84 valence electrons. The third kappa shape index (κ3) is 2.05. The lowest BCUT2D eigenvalue weighted by Crippen LogP contribution is -2.12. The molecule has 0 N–H and O–H groups in total. The number of ketones is 1. The van der Waals surface area contributed by atoms with Gasteiger partial charge in [0.05, 0.1) is 19.3 Å². The summed E-state index contributed by atoms with van der Waals surface area (Å²) in [6.07, 6.45) is 5.24. The lowest BCUT2D eigenvalue weighted by atomic mass is 10.1. The number of aromatic nitrogens is 1. The third-order valence-corrected chi connectivity index (χ3v) is 2.37. The number of Topliss-reactive ketones (excluding diaryl/α,β-unsaturated/α-hetero) is 1. The highest BCUT2D eigenvalue weighted by Crippen LogP contribution is 2.21. The van der Waals surface area contributed by atoms with Crippen LogP contribution in [0.1, 0.15) is 23.2 Å². The van der Waals surface area contributed by atoms with E-state index >= 15 is 0 Å². The summed E-state index contributed by atoms with van der Waals surface area (Å²) in [4.78, 5) is 16.1. The van der Waals surface area contributed by atoms with E-state index in [0.29, 0.717) is 23.8 Å². The first-order valence-electron chi connectivity index (χ1n) is 5.19. The van der Waals surface area contributed by atoms with Crippen molar-refractivity contribution in [3.63, 3.8) is 0 Å². The van der Waals surface area contributed by atoms with E-state index in [4.69, 9.17) is 9.47 Å². The van der Waals surface area contributed by atoms with Crippen LogP contribution in [0.4, 0.5) is 0 Å². The highest BCUT2D eigenvalue weighted by atomic mass is 16.5. The van der Waals surface area contributed by atoms with E-state index in [9.17, 15) is 4.79 Å². The Balaban J connectivity index is 2.29. The number of methoxy groups -OCH3 is 1. The van der Waals surface area contributed by atoms with Crippen LogP contribution in [0.2, 0.25) is 0 Å². The molecule has 0 aromatic carbocycles. The molecule has 4 heteroatoms. The molecule has 0 atom stereocenters. The summed E-state index contributed by atoms with van der Waals surface area (Å²) < 4.78 is 10.4. The molecule has 0 radical (unpaired) electrons. The number of hydrogen-bond donors (Lipinski definition) is 0. The van der Waals surface area contributed by atoms with Crippen LogP contribution in [0.3, 0.4) is 0 Å². The number of ether oxygens (including phenoxy) is 2. The van der Waals surface area contributed by atoms with Gasteiger partial charge in [-0.05, 0) is 31.1 Å². The average Bonchev–Trinajstić information content (AvgIpc) is 2.39. The Labute approximate surface area is 93.9 Å². The molecule has 1 aromatic rings. The summed E-state index contributed by atoms with van der Waals surface area (Å²) in [5.74, 6) is 0.574. The maximum atomic E-state index is 12.1. The fourth-order valence-corrected chi connectivity index (χ4v) is 1.57. The van der Waals surface area contributed by atoms with Gasteiger partial charge >= 0.3 is 0 Å². The first kappa shape index (κ1) is 10.7. The molecule has 4 nitrogen and oxygen atoms in total. The van der Waals surface area contributed by atoms with Gasteiger partial charge in [-0.3, -0.25) is 4.79 Å². The normalized spacial score (nSPS) is 14.9. The van der Waals surface area contributed by atoms with Crippen molar-refractivity contribution in [3.05, 3.63) is 35.7 Å². The van der Waals surface area contributed by atoms with Gasteiger partial charge in [-0.15, -0.1) is 0 Å². The van der Waals surface area contributed by atoms with Gasteiger partial charge in [0.15, 0.2) is 5.76 Å². The van der Waals surface area contributed by atoms with Gasteiger partial charge in [-0.1, -0.05) is 0 Å². The Morgan fingerprint density at radius 2 is 2.44 bits per heavy atom. The van der Waals surface area contributed by atoms with E-state index in [0.717, 1.165) is 12.8 Å². The largest absolute Gasteiger partial charge is 0.490 e. The maximum Gasteiger partial charge on any atom is 0.232 e. The minimum atomic E-state index is -0.162. The van der Waals surface area contributed by atoms with Crippen molar-refractivity contribution < 1.29 is 14.3 Å². The Kier molecular flexibility index (Phi) is 3.19. The van der Waals surface area contributed by atoms with Crippen molar-refractivity contribution in [2.24, 2.45) is 0 Å². The van der Waals surface area contributed by atoms with Crippen LogP contribution in [0.5, 0.6) is 5.88 Å². The molecular weight excluding hydrogens is 206 g/mol. The molecule has 2 heterocycles. The zero-order chi connectivity index (χ0) is 11.4. The first-order valence-corrected chi connectivity index (χ1v) is 5.19. The van der Waals surface area contributed by atoms with Crippen molar-refractivity contribution in [1.82, 2.24) is 4.98 Å². The molecular formula is C12H13NO3. The van der Waals surface area contributed by atoms with Crippen LogP contribution in [-0.4, -0.2) is 24.5 Å². The van der Waals surface area contributed by atoms with Gasteiger partial charge in [0.1, 0.15) is 0 Å². The molecule has 0 spiro atoms. The number of hydrogen-bond acceptors (Lipinski definition) is 4. The summed E-state index contributed by atoms with van der Waals surface area (Å²) in [7, 11) is 1.50. The molecule has 16 heavy (non-hydrogen) atoms. The minimum absolute atomic E-state index is 0.162. The predicted molar refractivity (Wildman–Crippen MR) is 58.4 cm³/mol. The third-order valence-electron chi connectivity index (χ3n) is 2.37. The minimum Gasteiger partial charge on any atom is -0.490 e. The SMILES string of the molecule is COc1ncccc1C(=O)C1=CCCCO1. The molecule has 1 aromatic heterocycles. The second-order valence-corrected chi connectivity index (χ2v) is 3.45. The Hall–Kier alpha value is -1.84. The Morgan fingerprint density at radius 3 is 3.12 bits per heavy atom. The van der Waals surface area contributed by atoms with Crippen molar-refractivity contribution >= 4 is 5.78 Å². The van der Waals surface area contributed by atoms with E-state index in [2.05, 4.69) is 4.98 Å². The standard InChI is InChI=1S/C12H13NO3/c1-15-12-9(5-4-7-13-12)11(14)10-6-2-3-8-16-10/h4-7H,2-3,8H2,1H3. The average molecular weight is 219 g/mol. The van der Waals surface area contributed by atoms with Gasteiger partial charge in [0, 0.05) is 6.20 Å². The van der Waals surface area contributed by atoms with Gasteiger partial charge in [-0.2, -0.15) is 0 Å². The smallest absolute Gasteiger partial charge is 0.232 e. The fourth-order valence-electron chi connectivity index (χ4n) is 1.57. The molecule has 0 aliphatic carbocycles. The summed E-state index contributed by atoms with van der Waals surface area (Å²) >= 11 is 0. The number of rotatable bonds is 3. The lowest BCUT2D eigenvalue weighted by Gasteiger charge is -2.14. The van der Waals surface area contributed by atoms with Crippen LogP contribution in [0.15, 0.2) is 30.2 Å². The fraction of sp³-hybridized carbons (Fsp3) is 0.333. The molecule has 0 saturated heterocycles. The van der Waals surface area contributed by atoms with Gasteiger partial charge in [-0.25, -0.2) is 4.98 Å². The molecule has 0 unspecified atom stereocenters. The van der Waals surface area contributed by atoms with E-state index in [1.54, 1.807) is 18.3 Å². The second-order valence-electron chi connectivity index (χ2n) is 3.45. The number of pyridine rings is 1. The molecule has 2 rings (SSSR count). The van der Waals surface area contributed by atoms with Crippen molar-refractivity contribution in [1.29, 1.82) is 0 Å². The number of carbonyl (C=O) groups excluding carboxylic acids is 1. The van der Waals surface area contributed by atoms with Crippen molar-refractivity contribution in [3.8, 4) is 5.88 Å². The van der Waals surface area contributed by atoms with E-state index in [-0.39, 0.29) is 5.78 Å². The molecule has 0 saturated carbocycles.